The fourth-order valence-corrected chi connectivity index (χ4v) is 3.00. The van der Waals surface area contributed by atoms with Crippen molar-refractivity contribution in [3.8, 4) is 0 Å². The molecule has 0 radical (unpaired) electrons. The van der Waals surface area contributed by atoms with Crippen LogP contribution in [0.2, 0.25) is 0 Å². The van der Waals surface area contributed by atoms with Crippen molar-refractivity contribution in [3.63, 3.8) is 0 Å². The third kappa shape index (κ3) is 1.49. The van der Waals surface area contributed by atoms with E-state index in [1.54, 1.807) is 0 Å². The second-order valence-corrected chi connectivity index (χ2v) is 5.75. The number of carboxylic acids is 1. The normalized spacial score (nSPS) is 21.8. The summed E-state index contributed by atoms with van der Waals surface area (Å²) in [5, 5.41) is 9.22. The average molecular weight is 281 g/mol. The molecule has 84 valence electrons. The molecule has 0 atom stereocenters. The average Bonchev–Trinajstić information content (AvgIpc) is 3.12. The molecule has 2 fully saturated rings. The Bertz CT molecular complexity index is 459. The highest BCUT2D eigenvalue weighted by atomic mass is 79.9. The van der Waals surface area contributed by atoms with E-state index in [1.807, 2.05) is 12.1 Å². The van der Waals surface area contributed by atoms with E-state index in [1.165, 1.54) is 18.4 Å². The summed E-state index contributed by atoms with van der Waals surface area (Å²) in [4.78, 5) is 11.2. The van der Waals surface area contributed by atoms with Gasteiger partial charge in [0.15, 0.2) is 0 Å². The molecule has 16 heavy (non-hydrogen) atoms. The highest BCUT2D eigenvalue weighted by molar-refractivity contribution is 9.10. The summed E-state index contributed by atoms with van der Waals surface area (Å²) in [6.45, 7) is 0. The second-order valence-electron chi connectivity index (χ2n) is 4.90. The number of hydrogen-bond donors (Lipinski definition) is 1. The zero-order valence-electron chi connectivity index (χ0n) is 8.87. The van der Waals surface area contributed by atoms with Gasteiger partial charge in [-0.15, -0.1) is 0 Å². The molecule has 2 saturated carbocycles. The van der Waals surface area contributed by atoms with E-state index in [2.05, 4.69) is 22.0 Å². The Balaban J connectivity index is 1.97. The van der Waals surface area contributed by atoms with Crippen LogP contribution >= 0.6 is 15.9 Å². The molecule has 1 aromatic rings. The van der Waals surface area contributed by atoms with Gasteiger partial charge in [0, 0.05) is 4.47 Å². The Morgan fingerprint density at radius 3 is 2.50 bits per heavy atom. The number of aliphatic carboxylic acids is 1. The van der Waals surface area contributed by atoms with Gasteiger partial charge in [0.05, 0.1) is 5.41 Å². The fraction of sp³-hybridized carbons (Fsp3) is 0.462. The molecule has 3 heteroatoms. The number of hydrogen-bond acceptors (Lipinski definition) is 1. The third-order valence-electron chi connectivity index (χ3n) is 3.73. The molecule has 0 saturated heterocycles. The van der Waals surface area contributed by atoms with Crippen molar-refractivity contribution in [1.29, 1.82) is 0 Å². The first kappa shape index (κ1) is 10.3. The lowest BCUT2D eigenvalue weighted by atomic mass is 9.94. The molecule has 0 aliphatic heterocycles. The van der Waals surface area contributed by atoms with Crippen LogP contribution < -0.4 is 0 Å². The van der Waals surface area contributed by atoms with Gasteiger partial charge in [-0.1, -0.05) is 28.1 Å². The third-order valence-corrected chi connectivity index (χ3v) is 4.42. The molecule has 0 amide bonds. The standard InChI is InChI=1S/C13H13BrO2/c14-11-7-9(13(5-6-13)12(15)16)3-4-10(11)8-1-2-8/h3-4,7-8H,1-2,5-6H2,(H,15,16). The molecule has 0 heterocycles. The summed E-state index contributed by atoms with van der Waals surface area (Å²) in [5.74, 6) is 0.0157. The van der Waals surface area contributed by atoms with Crippen LogP contribution in [0.25, 0.3) is 0 Å². The van der Waals surface area contributed by atoms with E-state index >= 15 is 0 Å². The van der Waals surface area contributed by atoms with Gasteiger partial charge < -0.3 is 5.11 Å². The Morgan fingerprint density at radius 2 is 2.06 bits per heavy atom. The Kier molecular flexibility index (Phi) is 2.15. The summed E-state index contributed by atoms with van der Waals surface area (Å²) >= 11 is 3.56. The molecule has 0 spiro atoms. The smallest absolute Gasteiger partial charge is 0.314 e. The Hall–Kier alpha value is -0.830. The number of benzene rings is 1. The van der Waals surface area contributed by atoms with Crippen molar-refractivity contribution in [2.24, 2.45) is 0 Å². The predicted octanol–water partition coefficient (Wildman–Crippen LogP) is 3.44. The first-order valence-corrected chi connectivity index (χ1v) is 6.46. The SMILES string of the molecule is O=C(O)C1(c2ccc(C3CC3)c(Br)c2)CC1. The van der Waals surface area contributed by atoms with Crippen molar-refractivity contribution in [2.45, 2.75) is 37.0 Å². The maximum Gasteiger partial charge on any atom is 0.314 e. The highest BCUT2D eigenvalue weighted by Gasteiger charge is 2.51. The molecule has 0 unspecified atom stereocenters. The lowest BCUT2D eigenvalue weighted by molar-refractivity contribution is -0.140. The summed E-state index contributed by atoms with van der Waals surface area (Å²) < 4.78 is 1.08. The first-order chi connectivity index (χ1) is 7.63. The van der Waals surface area contributed by atoms with Gasteiger partial charge in [-0.25, -0.2) is 0 Å². The molecule has 2 aliphatic carbocycles. The summed E-state index contributed by atoms with van der Waals surface area (Å²) in [5.41, 5.74) is 1.71. The molecular formula is C13H13BrO2. The highest BCUT2D eigenvalue weighted by Crippen LogP contribution is 2.50. The van der Waals surface area contributed by atoms with Gasteiger partial charge in [0.1, 0.15) is 0 Å². The van der Waals surface area contributed by atoms with Crippen molar-refractivity contribution in [3.05, 3.63) is 33.8 Å². The Morgan fingerprint density at radius 1 is 1.38 bits per heavy atom. The minimum Gasteiger partial charge on any atom is -0.481 e. The largest absolute Gasteiger partial charge is 0.481 e. The Labute approximate surface area is 103 Å². The van der Waals surface area contributed by atoms with E-state index in [9.17, 15) is 9.90 Å². The quantitative estimate of drug-likeness (QED) is 0.921. The molecule has 2 aliphatic rings. The van der Waals surface area contributed by atoms with Gasteiger partial charge in [0.25, 0.3) is 0 Å². The van der Waals surface area contributed by atoms with Gasteiger partial charge in [-0.05, 0) is 48.8 Å². The van der Waals surface area contributed by atoms with Crippen LogP contribution in [-0.4, -0.2) is 11.1 Å². The van der Waals surface area contributed by atoms with Crippen LogP contribution in [0.15, 0.2) is 22.7 Å². The van der Waals surface area contributed by atoms with Crippen LogP contribution in [0.5, 0.6) is 0 Å². The molecule has 3 rings (SSSR count). The van der Waals surface area contributed by atoms with Crippen LogP contribution in [0.4, 0.5) is 0 Å². The van der Waals surface area contributed by atoms with Crippen molar-refractivity contribution in [1.82, 2.24) is 0 Å². The van der Waals surface area contributed by atoms with Gasteiger partial charge in [-0.3, -0.25) is 4.79 Å². The zero-order valence-corrected chi connectivity index (χ0v) is 10.5. The van der Waals surface area contributed by atoms with E-state index in [-0.39, 0.29) is 0 Å². The van der Waals surface area contributed by atoms with Crippen LogP contribution in [0.1, 0.15) is 42.7 Å². The van der Waals surface area contributed by atoms with Gasteiger partial charge in [-0.2, -0.15) is 0 Å². The molecule has 0 bridgehead atoms. The fourth-order valence-electron chi connectivity index (χ4n) is 2.30. The van der Waals surface area contributed by atoms with Crippen molar-refractivity contribution >= 4 is 21.9 Å². The molecule has 1 aromatic carbocycles. The second kappa shape index (κ2) is 3.33. The maximum atomic E-state index is 11.2. The number of carbonyl (C=O) groups is 1. The summed E-state index contributed by atoms with van der Waals surface area (Å²) in [6.07, 6.45) is 4.08. The van der Waals surface area contributed by atoms with Crippen molar-refractivity contribution in [2.75, 3.05) is 0 Å². The summed E-state index contributed by atoms with van der Waals surface area (Å²) in [7, 11) is 0. The molecule has 2 nitrogen and oxygen atoms in total. The molecule has 1 N–H and O–H groups in total. The number of halogens is 1. The van der Waals surface area contributed by atoms with E-state index in [0.29, 0.717) is 5.92 Å². The topological polar surface area (TPSA) is 37.3 Å². The van der Waals surface area contributed by atoms with Crippen LogP contribution in [-0.2, 0) is 10.2 Å². The molecular weight excluding hydrogens is 268 g/mol. The van der Waals surface area contributed by atoms with Crippen LogP contribution in [0.3, 0.4) is 0 Å². The van der Waals surface area contributed by atoms with Crippen molar-refractivity contribution < 1.29 is 9.90 Å². The monoisotopic (exact) mass is 280 g/mol. The van der Waals surface area contributed by atoms with E-state index in [0.717, 1.165) is 22.9 Å². The van der Waals surface area contributed by atoms with E-state index in [4.69, 9.17) is 0 Å². The molecule has 0 aromatic heterocycles. The minimum absolute atomic E-state index is 0.579. The lowest BCUT2D eigenvalue weighted by Gasteiger charge is -2.12. The number of rotatable bonds is 3. The first-order valence-electron chi connectivity index (χ1n) is 5.67. The zero-order chi connectivity index (χ0) is 11.3. The summed E-state index contributed by atoms with van der Waals surface area (Å²) in [6, 6.07) is 6.11. The number of carboxylic acid groups (broad SMARTS) is 1. The predicted molar refractivity (Wildman–Crippen MR) is 64.7 cm³/mol. The van der Waals surface area contributed by atoms with Crippen LogP contribution in [0, 0.1) is 0 Å². The van der Waals surface area contributed by atoms with Gasteiger partial charge in [0.2, 0.25) is 0 Å². The lowest BCUT2D eigenvalue weighted by Crippen LogP contribution is -2.19. The minimum atomic E-state index is -0.682. The maximum absolute atomic E-state index is 11.2. The van der Waals surface area contributed by atoms with E-state index < -0.39 is 11.4 Å². The van der Waals surface area contributed by atoms with Gasteiger partial charge >= 0.3 is 5.97 Å².